The third-order valence-corrected chi connectivity index (χ3v) is 8.38. The Balaban J connectivity index is 1.11. The molecule has 0 radical (unpaired) electrons. The Morgan fingerprint density at radius 3 is 2.60 bits per heavy atom. The van der Waals surface area contributed by atoms with E-state index in [1.54, 1.807) is 18.0 Å². The molecule has 0 spiro atoms. The van der Waals surface area contributed by atoms with E-state index in [9.17, 15) is 0 Å². The van der Waals surface area contributed by atoms with E-state index in [2.05, 4.69) is 41.2 Å². The van der Waals surface area contributed by atoms with Crippen LogP contribution in [-0.2, 0) is 4.74 Å². The van der Waals surface area contributed by atoms with Crippen LogP contribution in [0.1, 0.15) is 18.4 Å². The molecule has 3 aromatic heterocycles. The Bertz CT molecular complexity index is 1760. The number of methoxy groups -OCH3 is 1. The summed E-state index contributed by atoms with van der Waals surface area (Å²) in [4.78, 5) is 18.3. The molecule has 2 aromatic carbocycles. The SMILES string of the molecule is COc1cc(Oc2ccn3ncnc3c2)c(C)cc1Nc1ncnc2cc(N3CCC(N4CCOCC4)CC3)c(N)cc12. The molecule has 2 fully saturated rings. The summed E-state index contributed by atoms with van der Waals surface area (Å²) in [7, 11) is 1.63. The molecule has 2 aliphatic heterocycles. The van der Waals surface area contributed by atoms with Crippen LogP contribution in [0.15, 0.2) is 55.2 Å². The summed E-state index contributed by atoms with van der Waals surface area (Å²) < 4.78 is 19.2. The van der Waals surface area contributed by atoms with E-state index in [-0.39, 0.29) is 0 Å². The summed E-state index contributed by atoms with van der Waals surface area (Å²) >= 11 is 0. The number of nitrogens with two attached hydrogens (primary N) is 1. The maximum atomic E-state index is 6.66. The normalized spacial score (nSPS) is 16.6. The first kappa shape index (κ1) is 27.2. The molecule has 0 atom stereocenters. The Labute approximate surface area is 249 Å². The van der Waals surface area contributed by atoms with Gasteiger partial charge in [0, 0.05) is 55.9 Å². The average molecular weight is 582 g/mol. The quantitative estimate of drug-likeness (QED) is 0.265. The lowest BCUT2D eigenvalue weighted by atomic mass is 10.0. The Morgan fingerprint density at radius 2 is 1.79 bits per heavy atom. The largest absolute Gasteiger partial charge is 0.494 e. The van der Waals surface area contributed by atoms with E-state index in [0.717, 1.165) is 80.1 Å². The summed E-state index contributed by atoms with van der Waals surface area (Å²) in [6.07, 6.45) is 7.12. The number of benzene rings is 2. The summed E-state index contributed by atoms with van der Waals surface area (Å²) in [5.74, 6) is 2.59. The number of nitrogens with one attached hydrogen (secondary N) is 1. The first-order valence-corrected chi connectivity index (χ1v) is 14.6. The zero-order valence-electron chi connectivity index (χ0n) is 24.4. The van der Waals surface area contributed by atoms with Gasteiger partial charge in [-0.05, 0) is 49.6 Å². The van der Waals surface area contributed by atoms with Gasteiger partial charge in [-0.25, -0.2) is 19.5 Å². The van der Waals surface area contributed by atoms with Crippen molar-refractivity contribution >= 4 is 39.4 Å². The van der Waals surface area contributed by atoms with Gasteiger partial charge >= 0.3 is 0 Å². The van der Waals surface area contributed by atoms with Crippen molar-refractivity contribution in [2.24, 2.45) is 0 Å². The highest BCUT2D eigenvalue weighted by Crippen LogP contribution is 2.39. The Morgan fingerprint density at radius 1 is 0.953 bits per heavy atom. The summed E-state index contributed by atoms with van der Waals surface area (Å²) in [6.45, 7) is 7.63. The molecular weight excluding hydrogens is 546 g/mol. The predicted molar refractivity (Wildman–Crippen MR) is 166 cm³/mol. The van der Waals surface area contributed by atoms with Crippen LogP contribution in [0.4, 0.5) is 22.9 Å². The van der Waals surface area contributed by atoms with Crippen LogP contribution in [0.25, 0.3) is 16.6 Å². The number of hydrogen-bond donors (Lipinski definition) is 2. The second kappa shape index (κ2) is 11.5. The molecule has 3 N–H and O–H groups in total. The van der Waals surface area contributed by atoms with Gasteiger partial charge in [0.25, 0.3) is 0 Å². The number of ether oxygens (including phenoxy) is 3. The van der Waals surface area contributed by atoms with E-state index in [1.165, 1.54) is 6.33 Å². The van der Waals surface area contributed by atoms with Gasteiger partial charge in [-0.15, -0.1) is 0 Å². The van der Waals surface area contributed by atoms with Crippen LogP contribution >= 0.6 is 0 Å². The molecule has 43 heavy (non-hydrogen) atoms. The fourth-order valence-corrected chi connectivity index (χ4v) is 6.06. The van der Waals surface area contributed by atoms with Gasteiger partial charge < -0.3 is 30.2 Å². The van der Waals surface area contributed by atoms with Crippen molar-refractivity contribution in [3.8, 4) is 17.2 Å². The predicted octanol–water partition coefficient (Wildman–Crippen LogP) is 4.41. The third-order valence-electron chi connectivity index (χ3n) is 8.38. The van der Waals surface area contributed by atoms with Crippen LogP contribution in [0.2, 0.25) is 0 Å². The number of fused-ring (bicyclic) bond motifs is 2. The number of pyridine rings is 1. The van der Waals surface area contributed by atoms with Crippen molar-refractivity contribution in [3.63, 3.8) is 0 Å². The van der Waals surface area contributed by atoms with Crippen molar-refractivity contribution in [2.45, 2.75) is 25.8 Å². The highest BCUT2D eigenvalue weighted by Gasteiger charge is 2.27. The molecular formula is C31H35N9O3. The summed E-state index contributed by atoms with van der Waals surface area (Å²) in [5.41, 5.74) is 11.6. The van der Waals surface area contributed by atoms with Gasteiger partial charge in [-0.2, -0.15) is 5.10 Å². The minimum Gasteiger partial charge on any atom is -0.494 e. The monoisotopic (exact) mass is 581 g/mol. The highest BCUT2D eigenvalue weighted by molar-refractivity contribution is 5.97. The molecule has 0 amide bonds. The molecule has 5 heterocycles. The zero-order valence-corrected chi connectivity index (χ0v) is 24.4. The van der Waals surface area contributed by atoms with Crippen LogP contribution in [0.5, 0.6) is 17.2 Å². The minimum atomic E-state index is 0.604. The summed E-state index contributed by atoms with van der Waals surface area (Å²) in [5, 5.41) is 8.42. The standard InChI is InChI=1S/C31H35N9O3/c1-20-13-26(29(41-2)17-28(20)43-22-5-8-40-30(14-22)34-19-36-40)37-31-23-15-24(32)27(16-25(23)33-18-35-31)39-6-3-21(4-7-39)38-9-11-42-12-10-38/h5,8,13-19,21H,3-4,6-7,9-12,32H2,1-2H3,(H,33,35,37). The van der Waals surface area contributed by atoms with Crippen molar-refractivity contribution in [1.82, 2.24) is 29.5 Å². The van der Waals surface area contributed by atoms with Gasteiger partial charge in [-0.1, -0.05) is 0 Å². The maximum Gasteiger partial charge on any atom is 0.158 e. The smallest absolute Gasteiger partial charge is 0.158 e. The molecule has 5 aromatic rings. The number of morpholine rings is 1. The maximum absolute atomic E-state index is 6.66. The number of piperidine rings is 1. The molecule has 12 nitrogen and oxygen atoms in total. The molecule has 0 aliphatic carbocycles. The van der Waals surface area contributed by atoms with Gasteiger partial charge in [0.2, 0.25) is 0 Å². The van der Waals surface area contributed by atoms with Gasteiger partial charge in [-0.3, -0.25) is 4.90 Å². The number of aryl methyl sites for hydroxylation is 1. The Kier molecular flexibility index (Phi) is 7.29. The fraction of sp³-hybridized carbons (Fsp3) is 0.355. The molecule has 0 saturated carbocycles. The van der Waals surface area contributed by atoms with Crippen molar-refractivity contribution < 1.29 is 14.2 Å². The van der Waals surface area contributed by atoms with Gasteiger partial charge in [0.15, 0.2) is 5.65 Å². The molecule has 12 heteroatoms. The third kappa shape index (κ3) is 5.46. The Hall–Kier alpha value is -4.68. The second-order valence-corrected chi connectivity index (χ2v) is 11.0. The van der Waals surface area contributed by atoms with E-state index in [4.69, 9.17) is 19.9 Å². The van der Waals surface area contributed by atoms with Crippen LogP contribution < -0.4 is 25.4 Å². The topological polar surface area (TPSA) is 128 Å². The molecule has 2 saturated heterocycles. The number of anilines is 4. The zero-order chi connectivity index (χ0) is 29.3. The number of hydrogen-bond acceptors (Lipinski definition) is 11. The van der Waals surface area contributed by atoms with Crippen LogP contribution in [0, 0.1) is 6.92 Å². The van der Waals surface area contributed by atoms with Gasteiger partial charge in [0.05, 0.1) is 42.9 Å². The van der Waals surface area contributed by atoms with E-state index in [0.29, 0.717) is 40.4 Å². The van der Waals surface area contributed by atoms with Crippen LogP contribution in [-0.4, -0.2) is 82.0 Å². The van der Waals surface area contributed by atoms with E-state index in [1.807, 2.05) is 43.5 Å². The minimum absolute atomic E-state index is 0.604. The molecule has 0 bridgehead atoms. The lowest BCUT2D eigenvalue weighted by Gasteiger charge is -2.41. The van der Waals surface area contributed by atoms with Crippen LogP contribution in [0.3, 0.4) is 0 Å². The fourth-order valence-electron chi connectivity index (χ4n) is 6.06. The second-order valence-electron chi connectivity index (χ2n) is 11.0. The summed E-state index contributed by atoms with van der Waals surface area (Å²) in [6, 6.07) is 12.2. The first-order valence-electron chi connectivity index (χ1n) is 14.6. The van der Waals surface area contributed by atoms with E-state index >= 15 is 0 Å². The lowest BCUT2D eigenvalue weighted by Crippen LogP contribution is -2.49. The molecule has 7 rings (SSSR count). The van der Waals surface area contributed by atoms with Crippen molar-refractivity contribution in [1.29, 1.82) is 0 Å². The van der Waals surface area contributed by atoms with Crippen molar-refractivity contribution in [2.75, 3.05) is 62.5 Å². The van der Waals surface area contributed by atoms with Crippen molar-refractivity contribution in [3.05, 3.63) is 60.8 Å². The molecule has 222 valence electrons. The van der Waals surface area contributed by atoms with E-state index < -0.39 is 0 Å². The number of nitrogens with zero attached hydrogens (tertiary/aromatic N) is 7. The molecule has 2 aliphatic rings. The number of rotatable bonds is 7. The lowest BCUT2D eigenvalue weighted by molar-refractivity contribution is 0.0115. The average Bonchev–Trinajstić information content (AvgIpc) is 3.51. The highest BCUT2D eigenvalue weighted by atomic mass is 16.5. The number of aromatic nitrogens is 5. The molecule has 0 unspecified atom stereocenters. The first-order chi connectivity index (χ1) is 21.1. The van der Waals surface area contributed by atoms with Gasteiger partial charge in [0.1, 0.15) is 35.7 Å². The number of nitrogen functional groups attached to an aromatic ring is 1.